The summed E-state index contributed by atoms with van der Waals surface area (Å²) < 4.78 is 23.0. The summed E-state index contributed by atoms with van der Waals surface area (Å²) in [5.74, 6) is -0.523. The first kappa shape index (κ1) is 15.2. The van der Waals surface area contributed by atoms with Crippen LogP contribution in [0.5, 0.6) is 5.75 Å². The lowest BCUT2D eigenvalue weighted by Crippen LogP contribution is -2.59. The van der Waals surface area contributed by atoms with Gasteiger partial charge in [-0.3, -0.25) is 9.59 Å². The summed E-state index contributed by atoms with van der Waals surface area (Å²) in [7, 11) is 1.47. The second kappa shape index (κ2) is 7.03. The summed E-state index contributed by atoms with van der Waals surface area (Å²) in [6.07, 6.45) is 0. The normalized spacial score (nSPS) is 18.3. The van der Waals surface area contributed by atoms with Crippen LogP contribution in [0.3, 0.4) is 0 Å². The van der Waals surface area contributed by atoms with Crippen LogP contribution in [-0.2, 0) is 14.3 Å². The van der Waals surface area contributed by atoms with Crippen molar-refractivity contribution in [3.63, 3.8) is 0 Å². The summed E-state index contributed by atoms with van der Waals surface area (Å²) in [5.41, 5.74) is 0. The summed E-state index contributed by atoms with van der Waals surface area (Å²) in [6.45, 7) is 0.736. The molecule has 1 aliphatic heterocycles. The minimum atomic E-state index is -0.645. The molecular weight excluding hydrogens is 279 g/mol. The Labute approximate surface area is 121 Å². The van der Waals surface area contributed by atoms with Crippen molar-refractivity contribution in [3.8, 4) is 5.75 Å². The quantitative estimate of drug-likeness (QED) is 0.841. The Kier molecular flexibility index (Phi) is 5.10. The smallest absolute Gasteiger partial charge is 0.261 e. The van der Waals surface area contributed by atoms with Crippen LogP contribution in [0.4, 0.5) is 4.39 Å². The van der Waals surface area contributed by atoms with E-state index in [2.05, 4.69) is 5.32 Å². The number of carbonyl (C=O) groups is 2. The molecule has 1 fully saturated rings. The first-order valence-corrected chi connectivity index (χ1v) is 6.56. The summed E-state index contributed by atoms with van der Waals surface area (Å²) in [5, 5.41) is 2.69. The lowest BCUT2D eigenvalue weighted by molar-refractivity contribution is -0.146. The molecule has 7 heteroatoms. The van der Waals surface area contributed by atoms with Crippen molar-refractivity contribution >= 4 is 11.8 Å². The Bertz CT molecular complexity index is 506. The van der Waals surface area contributed by atoms with Crippen LogP contribution in [-0.4, -0.2) is 56.2 Å². The van der Waals surface area contributed by atoms with Gasteiger partial charge >= 0.3 is 0 Å². The van der Waals surface area contributed by atoms with Gasteiger partial charge in [-0.1, -0.05) is 0 Å². The number of nitrogens with one attached hydrogen (secondary N) is 1. The van der Waals surface area contributed by atoms with E-state index in [1.165, 1.54) is 36.3 Å². The van der Waals surface area contributed by atoms with Crippen LogP contribution >= 0.6 is 0 Å². The van der Waals surface area contributed by atoms with Gasteiger partial charge in [0.25, 0.3) is 5.91 Å². The van der Waals surface area contributed by atoms with Gasteiger partial charge in [0.1, 0.15) is 17.6 Å². The van der Waals surface area contributed by atoms with Crippen molar-refractivity contribution in [2.45, 2.75) is 6.04 Å². The average molecular weight is 296 g/mol. The zero-order chi connectivity index (χ0) is 15.2. The standard InChI is InChI=1S/C14H17FN2O4/c1-20-8-12-14(19)16-6-7-17(12)13(18)9-21-11-4-2-10(15)3-5-11/h2-5,12H,6-9H2,1H3,(H,16,19)/t12-/m0/s1. The Hall–Kier alpha value is -2.15. The Balaban J connectivity index is 1.94. The van der Waals surface area contributed by atoms with Crippen molar-refractivity contribution in [2.75, 3.05) is 33.4 Å². The average Bonchev–Trinajstić information content (AvgIpc) is 2.48. The Morgan fingerprint density at radius 1 is 1.43 bits per heavy atom. The number of carbonyl (C=O) groups excluding carboxylic acids is 2. The topological polar surface area (TPSA) is 67.9 Å². The number of piperazine rings is 1. The van der Waals surface area contributed by atoms with Crippen LogP contribution in [0.2, 0.25) is 0 Å². The number of hydrogen-bond donors (Lipinski definition) is 1. The molecule has 1 atom stereocenters. The van der Waals surface area contributed by atoms with Crippen LogP contribution in [0.25, 0.3) is 0 Å². The molecule has 6 nitrogen and oxygen atoms in total. The van der Waals surface area contributed by atoms with Gasteiger partial charge in [-0.25, -0.2) is 4.39 Å². The van der Waals surface area contributed by atoms with Gasteiger partial charge in [0.15, 0.2) is 6.61 Å². The van der Waals surface area contributed by atoms with Crippen molar-refractivity contribution in [1.82, 2.24) is 10.2 Å². The Morgan fingerprint density at radius 2 is 2.14 bits per heavy atom. The number of halogens is 1. The van der Waals surface area contributed by atoms with Crippen molar-refractivity contribution in [2.24, 2.45) is 0 Å². The molecule has 1 aromatic carbocycles. The molecule has 1 N–H and O–H groups in total. The second-order valence-electron chi connectivity index (χ2n) is 4.59. The summed E-state index contributed by atoms with van der Waals surface area (Å²) >= 11 is 0. The third-order valence-corrected chi connectivity index (χ3v) is 3.15. The number of nitrogens with zero attached hydrogens (tertiary/aromatic N) is 1. The fourth-order valence-corrected chi connectivity index (χ4v) is 2.10. The monoisotopic (exact) mass is 296 g/mol. The highest BCUT2D eigenvalue weighted by molar-refractivity contribution is 5.89. The van der Waals surface area contributed by atoms with Gasteiger partial charge in [0.2, 0.25) is 5.91 Å². The molecule has 1 aromatic rings. The lowest BCUT2D eigenvalue weighted by Gasteiger charge is -2.34. The van der Waals surface area contributed by atoms with E-state index >= 15 is 0 Å². The van der Waals surface area contributed by atoms with Crippen molar-refractivity contribution < 1.29 is 23.5 Å². The highest BCUT2D eigenvalue weighted by atomic mass is 19.1. The van der Waals surface area contributed by atoms with Crippen LogP contribution in [0, 0.1) is 5.82 Å². The maximum atomic E-state index is 12.8. The van der Waals surface area contributed by atoms with E-state index in [4.69, 9.17) is 9.47 Å². The third kappa shape index (κ3) is 3.91. The van der Waals surface area contributed by atoms with Gasteiger partial charge in [-0.2, -0.15) is 0 Å². The molecule has 0 bridgehead atoms. The van der Waals surface area contributed by atoms with Gasteiger partial charge in [-0.15, -0.1) is 0 Å². The van der Waals surface area contributed by atoms with E-state index in [1.54, 1.807) is 0 Å². The summed E-state index contributed by atoms with van der Waals surface area (Å²) in [6, 6.07) is 4.74. The first-order valence-electron chi connectivity index (χ1n) is 6.56. The second-order valence-corrected chi connectivity index (χ2v) is 4.59. The van der Waals surface area contributed by atoms with Crippen LogP contribution < -0.4 is 10.1 Å². The maximum absolute atomic E-state index is 12.8. The third-order valence-electron chi connectivity index (χ3n) is 3.15. The molecule has 2 rings (SSSR count). The molecule has 0 aliphatic carbocycles. The van der Waals surface area contributed by atoms with Crippen LogP contribution in [0.15, 0.2) is 24.3 Å². The zero-order valence-electron chi connectivity index (χ0n) is 11.7. The highest BCUT2D eigenvalue weighted by Crippen LogP contribution is 2.12. The van der Waals surface area contributed by atoms with E-state index in [0.29, 0.717) is 18.8 Å². The molecule has 1 aliphatic rings. The molecule has 2 amide bonds. The number of benzene rings is 1. The van der Waals surface area contributed by atoms with E-state index in [0.717, 1.165) is 0 Å². The predicted molar refractivity (Wildman–Crippen MR) is 72.3 cm³/mol. The highest BCUT2D eigenvalue weighted by Gasteiger charge is 2.32. The van der Waals surface area contributed by atoms with Gasteiger partial charge < -0.3 is 19.7 Å². The molecule has 21 heavy (non-hydrogen) atoms. The molecular formula is C14H17FN2O4. The minimum Gasteiger partial charge on any atom is -0.484 e. The number of rotatable bonds is 5. The maximum Gasteiger partial charge on any atom is 0.261 e. The van der Waals surface area contributed by atoms with Gasteiger partial charge in [-0.05, 0) is 24.3 Å². The molecule has 0 aromatic heterocycles. The fourth-order valence-electron chi connectivity index (χ4n) is 2.10. The molecule has 0 spiro atoms. The predicted octanol–water partition coefficient (Wildman–Crippen LogP) is 0.178. The molecule has 0 saturated carbocycles. The number of amides is 2. The molecule has 1 heterocycles. The van der Waals surface area contributed by atoms with Crippen molar-refractivity contribution in [1.29, 1.82) is 0 Å². The molecule has 1 saturated heterocycles. The fraction of sp³-hybridized carbons (Fsp3) is 0.429. The van der Waals surface area contributed by atoms with E-state index in [1.807, 2.05) is 0 Å². The summed E-state index contributed by atoms with van der Waals surface area (Å²) in [4.78, 5) is 25.3. The molecule has 0 radical (unpaired) electrons. The number of hydrogen-bond acceptors (Lipinski definition) is 4. The lowest BCUT2D eigenvalue weighted by atomic mass is 10.2. The Morgan fingerprint density at radius 3 is 2.81 bits per heavy atom. The zero-order valence-corrected chi connectivity index (χ0v) is 11.7. The molecule has 114 valence electrons. The van der Waals surface area contributed by atoms with E-state index in [-0.39, 0.29) is 30.8 Å². The number of methoxy groups -OCH3 is 1. The van der Waals surface area contributed by atoms with Crippen molar-refractivity contribution in [3.05, 3.63) is 30.1 Å². The largest absolute Gasteiger partial charge is 0.484 e. The van der Waals surface area contributed by atoms with Crippen LogP contribution in [0.1, 0.15) is 0 Å². The first-order chi connectivity index (χ1) is 10.1. The van der Waals surface area contributed by atoms with Gasteiger partial charge in [0.05, 0.1) is 6.61 Å². The minimum absolute atomic E-state index is 0.133. The molecule has 0 unspecified atom stereocenters. The van der Waals surface area contributed by atoms with Gasteiger partial charge in [0, 0.05) is 20.2 Å². The SMILES string of the molecule is COC[C@H]1C(=O)NCCN1C(=O)COc1ccc(F)cc1. The van der Waals surface area contributed by atoms with E-state index in [9.17, 15) is 14.0 Å². The number of ether oxygens (including phenoxy) is 2. The van der Waals surface area contributed by atoms with E-state index < -0.39 is 6.04 Å².